The van der Waals surface area contributed by atoms with E-state index >= 15 is 0 Å². The van der Waals surface area contributed by atoms with Gasteiger partial charge in [0.2, 0.25) is 0 Å². The molecule has 0 saturated heterocycles. The predicted octanol–water partition coefficient (Wildman–Crippen LogP) is 8.26. The fraction of sp³-hybridized carbons (Fsp3) is 0.390. The van der Waals surface area contributed by atoms with Gasteiger partial charge in [-0.3, -0.25) is 9.78 Å². The van der Waals surface area contributed by atoms with Gasteiger partial charge in [-0.2, -0.15) is 0 Å². The number of thiazole rings is 2. The SMILES string of the molecule is CC(C)c1nc(CN(C)C(=O)NC(CCn2cccc2)C(=O)CC(CCC(Cc2ccccc2)NC(=O)OCc2cncs2)Cc2ccccc2)cs1. The topological polar surface area (TPSA) is 118 Å². The Balaban J connectivity index is 1.28. The Labute approximate surface area is 320 Å². The van der Waals surface area contributed by atoms with Crippen LogP contribution >= 0.6 is 22.7 Å². The lowest BCUT2D eigenvalue weighted by molar-refractivity contribution is -0.122. The van der Waals surface area contributed by atoms with Gasteiger partial charge in [0.1, 0.15) is 6.61 Å². The largest absolute Gasteiger partial charge is 0.444 e. The van der Waals surface area contributed by atoms with Crippen molar-refractivity contribution in [2.45, 2.75) is 90.1 Å². The number of nitrogens with zero attached hydrogens (tertiary/aromatic N) is 4. The Kier molecular flexibility index (Phi) is 15.2. The number of nitrogens with one attached hydrogen (secondary N) is 2. The molecule has 10 nitrogen and oxygen atoms in total. The van der Waals surface area contributed by atoms with Gasteiger partial charge in [0.15, 0.2) is 5.78 Å². The summed E-state index contributed by atoms with van der Waals surface area (Å²) in [5.74, 6) is 0.290. The van der Waals surface area contributed by atoms with Crippen LogP contribution in [-0.2, 0) is 42.1 Å². The van der Waals surface area contributed by atoms with Gasteiger partial charge in [0.05, 0.1) is 33.7 Å². The zero-order valence-corrected chi connectivity index (χ0v) is 32.4. The van der Waals surface area contributed by atoms with Crippen LogP contribution in [-0.4, -0.2) is 56.5 Å². The van der Waals surface area contributed by atoms with Crippen LogP contribution in [0.3, 0.4) is 0 Å². The van der Waals surface area contributed by atoms with Crippen LogP contribution in [0, 0.1) is 5.92 Å². The molecule has 53 heavy (non-hydrogen) atoms. The van der Waals surface area contributed by atoms with Gasteiger partial charge in [-0.1, -0.05) is 74.5 Å². The van der Waals surface area contributed by atoms with E-state index in [0.717, 1.165) is 26.7 Å². The minimum Gasteiger partial charge on any atom is -0.444 e. The van der Waals surface area contributed by atoms with Crippen LogP contribution in [0.4, 0.5) is 9.59 Å². The minimum absolute atomic E-state index is 0.00729. The van der Waals surface area contributed by atoms with Crippen molar-refractivity contribution in [2.75, 3.05) is 7.05 Å². The fourth-order valence-electron chi connectivity index (χ4n) is 6.22. The summed E-state index contributed by atoms with van der Waals surface area (Å²) >= 11 is 3.04. The van der Waals surface area contributed by atoms with E-state index in [0.29, 0.717) is 51.1 Å². The van der Waals surface area contributed by atoms with Gasteiger partial charge in [0.25, 0.3) is 0 Å². The Morgan fingerprint density at radius 2 is 1.57 bits per heavy atom. The molecule has 0 aliphatic carbocycles. The lowest BCUT2D eigenvalue weighted by Gasteiger charge is -2.26. The number of aryl methyl sites for hydroxylation is 1. The van der Waals surface area contributed by atoms with Crippen LogP contribution < -0.4 is 10.6 Å². The molecule has 0 saturated carbocycles. The van der Waals surface area contributed by atoms with Crippen molar-refractivity contribution in [3.05, 3.63) is 129 Å². The van der Waals surface area contributed by atoms with E-state index in [1.165, 1.54) is 11.3 Å². The Bertz CT molecular complexity index is 1810. The fourth-order valence-corrected chi connectivity index (χ4v) is 7.55. The predicted molar refractivity (Wildman–Crippen MR) is 211 cm³/mol. The number of hydrogen-bond acceptors (Lipinski definition) is 8. The zero-order valence-electron chi connectivity index (χ0n) is 30.7. The Morgan fingerprint density at radius 1 is 0.868 bits per heavy atom. The number of rotatable bonds is 20. The molecule has 3 atom stereocenters. The molecule has 3 amide bonds. The van der Waals surface area contributed by atoms with Gasteiger partial charge in [0, 0.05) is 55.9 Å². The average molecular weight is 755 g/mol. The quantitative estimate of drug-likeness (QED) is 0.0827. The molecule has 0 fully saturated rings. The molecule has 0 spiro atoms. The van der Waals surface area contributed by atoms with Crippen LogP contribution in [0.15, 0.2) is 102 Å². The highest BCUT2D eigenvalue weighted by atomic mass is 32.1. The first-order chi connectivity index (χ1) is 25.7. The van der Waals surface area contributed by atoms with Gasteiger partial charge >= 0.3 is 12.1 Å². The second kappa shape index (κ2) is 20.4. The second-order valence-corrected chi connectivity index (χ2v) is 15.6. The number of alkyl carbamates (subject to hydrolysis) is 1. The monoisotopic (exact) mass is 754 g/mol. The Hall–Kier alpha value is -4.81. The molecule has 2 N–H and O–H groups in total. The minimum atomic E-state index is -0.674. The summed E-state index contributed by atoms with van der Waals surface area (Å²) in [6, 6.07) is 22.9. The number of aromatic nitrogens is 3. The molecule has 5 rings (SSSR count). The van der Waals surface area contributed by atoms with Crippen molar-refractivity contribution in [1.82, 2.24) is 30.1 Å². The summed E-state index contributed by atoms with van der Waals surface area (Å²) in [6.07, 6.45) is 8.54. The molecule has 0 bridgehead atoms. The highest BCUT2D eigenvalue weighted by molar-refractivity contribution is 7.09. The summed E-state index contributed by atoms with van der Waals surface area (Å²) < 4.78 is 7.55. The number of carbonyl (C=O) groups is 3. The number of hydrogen-bond donors (Lipinski definition) is 2. The maximum atomic E-state index is 14.3. The van der Waals surface area contributed by atoms with Crippen LogP contribution in [0.25, 0.3) is 0 Å². The highest BCUT2D eigenvalue weighted by Crippen LogP contribution is 2.23. The van der Waals surface area contributed by atoms with Crippen molar-refractivity contribution in [1.29, 1.82) is 0 Å². The zero-order chi connectivity index (χ0) is 37.4. The van der Waals surface area contributed by atoms with Crippen molar-refractivity contribution < 1.29 is 19.1 Å². The Morgan fingerprint density at radius 3 is 2.21 bits per heavy atom. The van der Waals surface area contributed by atoms with Crippen LogP contribution in [0.5, 0.6) is 0 Å². The molecule has 3 heterocycles. The second-order valence-electron chi connectivity index (χ2n) is 13.8. The van der Waals surface area contributed by atoms with Crippen molar-refractivity contribution in [3.63, 3.8) is 0 Å². The molecule has 3 aromatic heterocycles. The maximum Gasteiger partial charge on any atom is 0.407 e. The lowest BCUT2D eigenvalue weighted by Crippen LogP contribution is -2.47. The van der Waals surface area contributed by atoms with Gasteiger partial charge in [-0.05, 0) is 61.3 Å². The lowest BCUT2D eigenvalue weighted by atomic mass is 9.86. The van der Waals surface area contributed by atoms with E-state index in [2.05, 4.69) is 58.7 Å². The number of benzene rings is 2. The van der Waals surface area contributed by atoms with E-state index in [-0.39, 0.29) is 36.8 Å². The third-order valence-corrected chi connectivity index (χ3v) is 11.0. The molecule has 3 unspecified atom stereocenters. The first-order valence-corrected chi connectivity index (χ1v) is 20.0. The van der Waals surface area contributed by atoms with Crippen molar-refractivity contribution >= 4 is 40.6 Å². The van der Waals surface area contributed by atoms with E-state index in [1.807, 2.05) is 70.9 Å². The number of ketones is 1. The molecular formula is C41H50N6O4S2. The maximum absolute atomic E-state index is 14.3. The summed E-state index contributed by atoms with van der Waals surface area (Å²) in [6.45, 7) is 5.31. The first-order valence-electron chi connectivity index (χ1n) is 18.2. The van der Waals surface area contributed by atoms with E-state index in [1.54, 1.807) is 35.0 Å². The third kappa shape index (κ3) is 13.3. The average Bonchev–Trinajstić information content (AvgIpc) is 3.96. The third-order valence-electron chi connectivity index (χ3n) is 9.09. The van der Waals surface area contributed by atoms with Crippen LogP contribution in [0.2, 0.25) is 0 Å². The number of carbonyl (C=O) groups excluding carboxylic acids is 3. The van der Waals surface area contributed by atoms with E-state index < -0.39 is 12.1 Å². The van der Waals surface area contributed by atoms with E-state index in [9.17, 15) is 14.4 Å². The summed E-state index contributed by atoms with van der Waals surface area (Å²) in [4.78, 5) is 52.0. The number of Topliss-reactive ketones (excluding diaryl/α,β-unsaturated/α-hetero) is 1. The summed E-state index contributed by atoms with van der Waals surface area (Å²) in [5.41, 5.74) is 4.78. The van der Waals surface area contributed by atoms with E-state index in [4.69, 9.17) is 4.74 Å². The molecular weight excluding hydrogens is 705 g/mol. The highest BCUT2D eigenvalue weighted by Gasteiger charge is 2.27. The summed E-state index contributed by atoms with van der Waals surface area (Å²) in [7, 11) is 1.73. The molecule has 5 aromatic rings. The standard InChI is InChI=1S/C41H50N6O4S2/c1-30(2)39-43-35(28-52-39)26-46(3)40(49)45-37(18-21-47-19-10-11-20-47)38(48)24-33(22-31-12-6-4-7-13-31)16-17-34(23-32-14-8-5-9-15-32)44-41(50)51-27-36-25-42-29-53-36/h4-15,19-20,25,28-30,33-34,37H,16-18,21-24,26-27H2,1-3H3,(H,44,50)(H,45,49). The number of amides is 3. The number of urea groups is 1. The normalized spacial score (nSPS) is 12.9. The van der Waals surface area contributed by atoms with Gasteiger partial charge in [-0.15, -0.1) is 22.7 Å². The molecule has 0 aliphatic rings. The summed E-state index contributed by atoms with van der Waals surface area (Å²) in [5, 5.41) is 9.19. The molecule has 0 radical (unpaired) electrons. The van der Waals surface area contributed by atoms with Gasteiger partial charge < -0.3 is 24.8 Å². The molecule has 0 aliphatic heterocycles. The van der Waals surface area contributed by atoms with Gasteiger partial charge in [-0.25, -0.2) is 14.6 Å². The van der Waals surface area contributed by atoms with Crippen molar-refractivity contribution in [2.24, 2.45) is 5.92 Å². The molecule has 280 valence electrons. The molecule has 12 heteroatoms. The smallest absolute Gasteiger partial charge is 0.407 e. The van der Waals surface area contributed by atoms with Crippen molar-refractivity contribution in [3.8, 4) is 0 Å². The van der Waals surface area contributed by atoms with Crippen LogP contribution in [0.1, 0.15) is 72.2 Å². The molecule has 2 aromatic carbocycles. The first kappa shape index (κ1) is 39.4. The number of ether oxygens (including phenoxy) is 1.